The third-order valence-electron chi connectivity index (χ3n) is 6.07. The largest absolute Gasteiger partial charge is 0.491 e. The summed E-state index contributed by atoms with van der Waals surface area (Å²) in [6.07, 6.45) is 3.17. The smallest absolute Gasteiger partial charge is 0.255 e. The van der Waals surface area contributed by atoms with Crippen LogP contribution >= 0.6 is 0 Å². The molecule has 4 amide bonds. The summed E-state index contributed by atoms with van der Waals surface area (Å²) in [5.41, 5.74) is 1.06. The molecule has 35 heavy (non-hydrogen) atoms. The molecule has 3 N–H and O–H groups in total. The van der Waals surface area contributed by atoms with Crippen LogP contribution in [0.1, 0.15) is 35.3 Å². The number of amides is 4. The molecule has 0 radical (unpaired) electrons. The van der Waals surface area contributed by atoms with Gasteiger partial charge in [0.25, 0.3) is 5.91 Å². The van der Waals surface area contributed by atoms with Crippen LogP contribution in [0.25, 0.3) is 0 Å². The Hall–Kier alpha value is -3.95. The first kappa shape index (κ1) is 24.2. The number of nitrogens with one attached hydrogen (secondary N) is 3. The summed E-state index contributed by atoms with van der Waals surface area (Å²) in [4.78, 5) is 57.7. The second-order valence-corrected chi connectivity index (χ2v) is 8.47. The van der Waals surface area contributed by atoms with Gasteiger partial charge in [-0.1, -0.05) is 18.2 Å². The van der Waals surface area contributed by atoms with Crippen LogP contribution in [0.2, 0.25) is 0 Å². The van der Waals surface area contributed by atoms with Crippen molar-refractivity contribution in [2.45, 2.75) is 37.8 Å². The van der Waals surface area contributed by atoms with E-state index in [0.29, 0.717) is 38.1 Å². The summed E-state index contributed by atoms with van der Waals surface area (Å²) < 4.78 is 5.73. The number of nitrogens with zero attached hydrogens (tertiary/aromatic N) is 2. The van der Waals surface area contributed by atoms with E-state index in [1.54, 1.807) is 30.5 Å². The Morgan fingerprint density at radius 1 is 1.14 bits per heavy atom. The number of fused-ring (bicyclic) bond motifs is 2. The van der Waals surface area contributed by atoms with Gasteiger partial charge in [0.1, 0.15) is 24.4 Å². The van der Waals surface area contributed by atoms with Crippen molar-refractivity contribution in [2.75, 3.05) is 26.2 Å². The van der Waals surface area contributed by atoms with E-state index in [1.165, 1.54) is 4.90 Å². The molecule has 4 rings (SSSR count). The summed E-state index contributed by atoms with van der Waals surface area (Å²) in [5.74, 6) is -1.26. The van der Waals surface area contributed by atoms with Crippen LogP contribution in [0.4, 0.5) is 0 Å². The highest BCUT2D eigenvalue weighted by Gasteiger charge is 2.36. The Kier molecular flexibility index (Phi) is 7.92. The molecular weight excluding hydrogens is 450 g/mol. The molecule has 1 saturated heterocycles. The Balaban J connectivity index is 1.53. The lowest BCUT2D eigenvalue weighted by Gasteiger charge is -2.27. The maximum atomic E-state index is 13.2. The predicted molar refractivity (Wildman–Crippen MR) is 127 cm³/mol. The summed E-state index contributed by atoms with van der Waals surface area (Å²) in [7, 11) is 0. The SMILES string of the molecule is O=C1N[C@H](C(=O)NCCc2ccccn2)CC(=O)N2CCC[C@H]2C(=O)NCCOc2ccccc21. The van der Waals surface area contributed by atoms with Crippen molar-refractivity contribution in [1.29, 1.82) is 0 Å². The maximum absolute atomic E-state index is 13.2. The van der Waals surface area contributed by atoms with E-state index in [9.17, 15) is 19.2 Å². The number of hydrogen-bond acceptors (Lipinski definition) is 6. The molecule has 1 aromatic heterocycles. The Bertz CT molecular complexity index is 1080. The molecule has 0 saturated carbocycles. The van der Waals surface area contributed by atoms with Crippen molar-refractivity contribution in [1.82, 2.24) is 25.8 Å². The van der Waals surface area contributed by atoms with Crippen LogP contribution in [0.15, 0.2) is 48.7 Å². The van der Waals surface area contributed by atoms with Gasteiger partial charge in [-0.15, -0.1) is 0 Å². The number of aromatic nitrogens is 1. The maximum Gasteiger partial charge on any atom is 0.255 e. The molecular formula is C25H29N5O5. The minimum absolute atomic E-state index is 0.161. The summed E-state index contributed by atoms with van der Waals surface area (Å²) >= 11 is 0. The molecule has 184 valence electrons. The standard InChI is InChI=1S/C25H29N5O5/c31-22-16-19(24(33)27-12-10-17-6-3-4-11-26-17)29-23(32)18-7-1-2-9-21(18)35-15-13-28-25(34)20-8-5-14-30(20)22/h1-4,6-7,9,11,19-20H,5,8,10,12-16H2,(H,27,33)(H,28,34)(H,29,32)/t19-,20-/m0/s1. The van der Waals surface area contributed by atoms with E-state index >= 15 is 0 Å². The van der Waals surface area contributed by atoms with Crippen LogP contribution in [-0.4, -0.2) is 71.8 Å². The number of pyridine rings is 1. The third kappa shape index (κ3) is 6.14. The highest BCUT2D eigenvalue weighted by atomic mass is 16.5. The monoisotopic (exact) mass is 479 g/mol. The number of para-hydroxylation sites is 1. The third-order valence-corrected chi connectivity index (χ3v) is 6.07. The second kappa shape index (κ2) is 11.5. The number of ether oxygens (including phenoxy) is 1. The van der Waals surface area contributed by atoms with E-state index in [2.05, 4.69) is 20.9 Å². The molecule has 1 fully saturated rings. The Morgan fingerprint density at radius 3 is 2.80 bits per heavy atom. The highest BCUT2D eigenvalue weighted by molar-refractivity contribution is 6.01. The van der Waals surface area contributed by atoms with Gasteiger partial charge in [-0.2, -0.15) is 0 Å². The number of hydrogen-bond donors (Lipinski definition) is 3. The zero-order valence-corrected chi connectivity index (χ0v) is 19.4. The molecule has 2 atom stereocenters. The van der Waals surface area contributed by atoms with Gasteiger partial charge in [-0.25, -0.2) is 0 Å². The fourth-order valence-electron chi connectivity index (χ4n) is 4.29. The van der Waals surface area contributed by atoms with E-state index in [1.807, 2.05) is 18.2 Å². The van der Waals surface area contributed by atoms with Crippen molar-refractivity contribution in [3.05, 3.63) is 59.9 Å². The topological polar surface area (TPSA) is 130 Å². The van der Waals surface area contributed by atoms with Crippen molar-refractivity contribution in [3.63, 3.8) is 0 Å². The molecule has 0 aliphatic carbocycles. The summed E-state index contributed by atoms with van der Waals surface area (Å²) in [6.45, 7) is 1.13. The van der Waals surface area contributed by atoms with E-state index in [-0.39, 0.29) is 37.0 Å². The van der Waals surface area contributed by atoms with Crippen LogP contribution in [0.3, 0.4) is 0 Å². The van der Waals surface area contributed by atoms with Crippen molar-refractivity contribution in [2.24, 2.45) is 0 Å². The molecule has 0 bridgehead atoms. The predicted octanol–water partition coefficient (Wildman–Crippen LogP) is 0.429. The number of carbonyl (C=O) groups excluding carboxylic acids is 4. The molecule has 10 heteroatoms. The molecule has 1 aromatic carbocycles. The van der Waals surface area contributed by atoms with Gasteiger partial charge >= 0.3 is 0 Å². The van der Waals surface area contributed by atoms with Crippen LogP contribution in [0.5, 0.6) is 5.75 Å². The minimum atomic E-state index is -1.11. The highest BCUT2D eigenvalue weighted by Crippen LogP contribution is 2.21. The average Bonchev–Trinajstić information content (AvgIpc) is 3.37. The van der Waals surface area contributed by atoms with Crippen molar-refractivity contribution in [3.8, 4) is 5.75 Å². The zero-order chi connectivity index (χ0) is 24.6. The van der Waals surface area contributed by atoms with E-state index in [4.69, 9.17) is 4.74 Å². The fourth-order valence-corrected chi connectivity index (χ4v) is 4.29. The molecule has 3 heterocycles. The average molecular weight is 480 g/mol. The van der Waals surface area contributed by atoms with E-state index in [0.717, 1.165) is 5.69 Å². The quantitative estimate of drug-likeness (QED) is 0.583. The molecule has 2 aliphatic heterocycles. The number of rotatable bonds is 4. The first-order valence-electron chi connectivity index (χ1n) is 11.8. The van der Waals surface area contributed by atoms with Crippen molar-refractivity contribution >= 4 is 23.6 Å². The fraction of sp³-hybridized carbons (Fsp3) is 0.400. The second-order valence-electron chi connectivity index (χ2n) is 8.47. The Labute approximate surface area is 203 Å². The van der Waals surface area contributed by atoms with Crippen molar-refractivity contribution < 1.29 is 23.9 Å². The molecule has 0 unspecified atom stereocenters. The van der Waals surface area contributed by atoms with Crippen LogP contribution < -0.4 is 20.7 Å². The Morgan fingerprint density at radius 2 is 1.97 bits per heavy atom. The van der Waals surface area contributed by atoms with Gasteiger partial charge in [-0.3, -0.25) is 24.2 Å². The lowest BCUT2D eigenvalue weighted by molar-refractivity contribution is -0.140. The molecule has 2 aliphatic rings. The lowest BCUT2D eigenvalue weighted by Crippen LogP contribution is -2.52. The first-order valence-corrected chi connectivity index (χ1v) is 11.8. The molecule has 10 nitrogen and oxygen atoms in total. The number of carbonyl (C=O) groups is 4. The lowest BCUT2D eigenvalue weighted by atomic mass is 10.1. The van der Waals surface area contributed by atoms with Gasteiger partial charge in [0.05, 0.1) is 18.5 Å². The van der Waals surface area contributed by atoms with Crippen LogP contribution in [0, 0.1) is 0 Å². The zero-order valence-electron chi connectivity index (χ0n) is 19.4. The number of benzene rings is 1. The molecule has 0 spiro atoms. The normalized spacial score (nSPS) is 21.0. The van der Waals surface area contributed by atoms with Gasteiger partial charge in [-0.05, 0) is 37.1 Å². The van der Waals surface area contributed by atoms with Gasteiger partial charge in [0.2, 0.25) is 17.7 Å². The van der Waals surface area contributed by atoms with Gasteiger partial charge < -0.3 is 25.6 Å². The minimum Gasteiger partial charge on any atom is -0.491 e. The van der Waals surface area contributed by atoms with Gasteiger partial charge in [0.15, 0.2) is 0 Å². The molecule has 2 aromatic rings. The summed E-state index contributed by atoms with van der Waals surface area (Å²) in [6, 6.07) is 10.5. The first-order chi connectivity index (χ1) is 17.0. The van der Waals surface area contributed by atoms with Crippen LogP contribution in [-0.2, 0) is 20.8 Å². The summed E-state index contributed by atoms with van der Waals surface area (Å²) in [5, 5.41) is 8.30. The van der Waals surface area contributed by atoms with Gasteiger partial charge in [0, 0.05) is 31.4 Å². The van der Waals surface area contributed by atoms with E-state index < -0.39 is 23.9 Å².